The number of aliphatic carboxylic acids is 1. The molecular weight excluding hydrogens is 355 g/mol. The molecule has 26 heavy (non-hydrogen) atoms. The van der Waals surface area contributed by atoms with Crippen LogP contribution in [0.5, 0.6) is 0 Å². The number of piperidine rings is 1. The molecule has 1 aromatic heterocycles. The lowest BCUT2D eigenvalue weighted by Gasteiger charge is -2.43. The number of ether oxygens (including phenoxy) is 1. The fourth-order valence-electron chi connectivity index (χ4n) is 2.77. The van der Waals surface area contributed by atoms with Gasteiger partial charge in [-0.3, -0.25) is 14.7 Å². The van der Waals surface area contributed by atoms with E-state index in [-0.39, 0.29) is 18.1 Å². The van der Waals surface area contributed by atoms with Gasteiger partial charge in [-0.05, 0) is 24.5 Å². The van der Waals surface area contributed by atoms with Crippen molar-refractivity contribution >= 4 is 11.9 Å². The number of hydrogen-bond donors (Lipinski definition) is 2. The second-order valence-corrected chi connectivity index (χ2v) is 6.19. The molecule has 1 amide bonds. The van der Waals surface area contributed by atoms with Crippen molar-refractivity contribution in [2.45, 2.75) is 31.2 Å². The maximum absolute atomic E-state index is 11.1. The van der Waals surface area contributed by atoms with Crippen molar-refractivity contribution < 1.29 is 32.6 Å². The molecule has 2 aliphatic heterocycles. The molecule has 0 atom stereocenters. The Morgan fingerprint density at radius 2 is 2.04 bits per heavy atom. The van der Waals surface area contributed by atoms with E-state index in [1.807, 2.05) is 12.3 Å². The summed E-state index contributed by atoms with van der Waals surface area (Å²) in [6.07, 6.45) is 0.593. The highest BCUT2D eigenvalue weighted by Crippen LogP contribution is 2.28. The first kappa shape index (κ1) is 20.1. The van der Waals surface area contributed by atoms with Gasteiger partial charge in [0.1, 0.15) is 6.61 Å². The van der Waals surface area contributed by atoms with Gasteiger partial charge in [-0.1, -0.05) is 6.07 Å². The third kappa shape index (κ3) is 5.95. The minimum absolute atomic E-state index is 0.00316. The highest BCUT2D eigenvalue weighted by atomic mass is 19.4. The Labute approximate surface area is 148 Å². The quantitative estimate of drug-likeness (QED) is 0.807. The van der Waals surface area contributed by atoms with Crippen LogP contribution in [0.15, 0.2) is 24.5 Å². The highest BCUT2D eigenvalue weighted by molar-refractivity contribution is 5.78. The van der Waals surface area contributed by atoms with E-state index in [0.29, 0.717) is 6.54 Å². The van der Waals surface area contributed by atoms with Crippen LogP contribution in [0.2, 0.25) is 0 Å². The summed E-state index contributed by atoms with van der Waals surface area (Å²) in [5, 5.41) is 10.0. The number of halogens is 3. The summed E-state index contributed by atoms with van der Waals surface area (Å²) in [4.78, 5) is 26.6. The van der Waals surface area contributed by atoms with E-state index < -0.39 is 12.1 Å². The van der Waals surface area contributed by atoms with Crippen LogP contribution in [-0.2, 0) is 20.9 Å². The second kappa shape index (κ2) is 8.45. The second-order valence-electron chi connectivity index (χ2n) is 6.19. The maximum atomic E-state index is 11.1. The van der Waals surface area contributed by atoms with Crippen LogP contribution < -0.4 is 5.32 Å². The number of alkyl halides is 3. The lowest BCUT2D eigenvalue weighted by Crippen LogP contribution is -2.57. The normalized spacial score (nSPS) is 20.0. The molecule has 2 aliphatic rings. The lowest BCUT2D eigenvalue weighted by molar-refractivity contribution is -0.192. The maximum Gasteiger partial charge on any atom is 0.490 e. The van der Waals surface area contributed by atoms with Gasteiger partial charge in [-0.25, -0.2) is 4.79 Å². The van der Waals surface area contributed by atoms with Crippen molar-refractivity contribution in [3.63, 3.8) is 0 Å². The molecule has 1 aromatic rings. The van der Waals surface area contributed by atoms with Crippen LogP contribution in [-0.4, -0.2) is 64.9 Å². The minimum atomic E-state index is -5.08. The number of carbonyl (C=O) groups is 2. The smallest absolute Gasteiger partial charge is 0.475 e. The number of carboxylic acid groups (broad SMARTS) is 1. The Hall–Kier alpha value is -2.20. The van der Waals surface area contributed by atoms with Gasteiger partial charge in [0.05, 0.1) is 5.60 Å². The fraction of sp³-hybridized carbons (Fsp3) is 0.562. The van der Waals surface area contributed by atoms with Crippen molar-refractivity contribution in [2.75, 3.05) is 26.2 Å². The standard InChI is InChI=1S/C14H19N3O2.C2HF3O2/c18-13-10-19-14(11-16-13)3-6-17(7-4-14)9-12-2-1-5-15-8-12;3-2(4,5)1(6)7/h1-2,5,8H,3-4,6-7,9-11H2,(H,16,18);(H,6,7). The number of nitrogens with zero attached hydrogens (tertiary/aromatic N) is 2. The highest BCUT2D eigenvalue weighted by Gasteiger charge is 2.39. The summed E-state index contributed by atoms with van der Waals surface area (Å²) in [6.45, 7) is 3.82. The number of nitrogens with one attached hydrogen (secondary N) is 1. The lowest BCUT2D eigenvalue weighted by atomic mass is 9.90. The molecule has 7 nitrogen and oxygen atoms in total. The molecule has 0 unspecified atom stereocenters. The molecule has 3 heterocycles. The summed E-state index contributed by atoms with van der Waals surface area (Å²) < 4.78 is 37.5. The third-order valence-corrected chi connectivity index (χ3v) is 4.26. The molecule has 0 radical (unpaired) electrons. The van der Waals surface area contributed by atoms with Gasteiger partial charge in [0.15, 0.2) is 0 Å². The largest absolute Gasteiger partial charge is 0.490 e. The topological polar surface area (TPSA) is 91.8 Å². The van der Waals surface area contributed by atoms with E-state index in [4.69, 9.17) is 14.6 Å². The molecule has 144 valence electrons. The molecule has 2 N–H and O–H groups in total. The zero-order valence-electron chi connectivity index (χ0n) is 14.0. The summed E-state index contributed by atoms with van der Waals surface area (Å²) in [5.41, 5.74) is 1.12. The number of rotatable bonds is 2. The molecule has 2 fully saturated rings. The van der Waals surface area contributed by atoms with Crippen molar-refractivity contribution in [3.05, 3.63) is 30.1 Å². The minimum Gasteiger partial charge on any atom is -0.475 e. The molecule has 2 saturated heterocycles. The number of amides is 1. The number of aromatic nitrogens is 1. The van der Waals surface area contributed by atoms with Crippen molar-refractivity contribution in [1.82, 2.24) is 15.2 Å². The van der Waals surface area contributed by atoms with E-state index >= 15 is 0 Å². The van der Waals surface area contributed by atoms with Crippen LogP contribution in [0.1, 0.15) is 18.4 Å². The van der Waals surface area contributed by atoms with E-state index in [2.05, 4.69) is 21.3 Å². The van der Waals surface area contributed by atoms with E-state index in [0.717, 1.165) is 32.5 Å². The zero-order chi connectivity index (χ0) is 19.2. The first-order chi connectivity index (χ1) is 12.2. The molecule has 0 aromatic carbocycles. The van der Waals surface area contributed by atoms with Gasteiger partial charge in [-0.15, -0.1) is 0 Å². The van der Waals surface area contributed by atoms with Gasteiger partial charge < -0.3 is 15.2 Å². The molecule has 1 spiro atoms. The Bertz CT molecular complexity index is 605. The molecule has 10 heteroatoms. The number of carboxylic acids is 1. The first-order valence-corrected chi connectivity index (χ1v) is 8.02. The fourth-order valence-corrected chi connectivity index (χ4v) is 2.77. The Balaban J connectivity index is 0.000000298. The number of likely N-dealkylation sites (tertiary alicyclic amines) is 1. The molecule has 0 saturated carbocycles. The van der Waals surface area contributed by atoms with Gasteiger partial charge in [0.25, 0.3) is 0 Å². The number of morpholine rings is 1. The first-order valence-electron chi connectivity index (χ1n) is 8.02. The predicted octanol–water partition coefficient (Wildman–Crippen LogP) is 1.20. The number of hydrogen-bond acceptors (Lipinski definition) is 5. The van der Waals surface area contributed by atoms with Crippen LogP contribution in [0.25, 0.3) is 0 Å². The van der Waals surface area contributed by atoms with Gasteiger partial charge in [0, 0.05) is 38.6 Å². The molecular formula is C16H20F3N3O4. The van der Waals surface area contributed by atoms with Gasteiger partial charge >= 0.3 is 12.1 Å². The van der Waals surface area contributed by atoms with Crippen LogP contribution in [0.4, 0.5) is 13.2 Å². The molecule has 0 aliphatic carbocycles. The van der Waals surface area contributed by atoms with Crippen molar-refractivity contribution in [1.29, 1.82) is 0 Å². The summed E-state index contributed by atoms with van der Waals surface area (Å²) >= 11 is 0. The summed E-state index contributed by atoms with van der Waals surface area (Å²) in [6, 6.07) is 4.08. The summed E-state index contributed by atoms with van der Waals surface area (Å²) in [7, 11) is 0. The van der Waals surface area contributed by atoms with E-state index in [1.165, 1.54) is 5.56 Å². The third-order valence-electron chi connectivity index (χ3n) is 4.26. The van der Waals surface area contributed by atoms with Crippen LogP contribution in [0, 0.1) is 0 Å². The molecule has 0 bridgehead atoms. The Morgan fingerprint density at radius 3 is 2.50 bits per heavy atom. The number of carbonyl (C=O) groups excluding carboxylic acids is 1. The monoisotopic (exact) mass is 375 g/mol. The molecule has 3 rings (SSSR count). The van der Waals surface area contributed by atoms with Gasteiger partial charge in [-0.2, -0.15) is 13.2 Å². The number of pyridine rings is 1. The van der Waals surface area contributed by atoms with Crippen LogP contribution in [0.3, 0.4) is 0 Å². The van der Waals surface area contributed by atoms with E-state index in [1.54, 1.807) is 6.20 Å². The SMILES string of the molecule is O=C(O)C(F)(F)F.O=C1COC2(CCN(Cc3cccnc3)CC2)CN1. The Kier molecular flexibility index (Phi) is 6.54. The van der Waals surface area contributed by atoms with Crippen molar-refractivity contribution in [2.24, 2.45) is 0 Å². The average molecular weight is 375 g/mol. The average Bonchev–Trinajstić information content (AvgIpc) is 2.60. The zero-order valence-corrected chi connectivity index (χ0v) is 14.0. The van der Waals surface area contributed by atoms with Crippen LogP contribution >= 0.6 is 0 Å². The van der Waals surface area contributed by atoms with E-state index in [9.17, 15) is 18.0 Å². The Morgan fingerprint density at radius 1 is 1.38 bits per heavy atom. The van der Waals surface area contributed by atoms with Gasteiger partial charge in [0.2, 0.25) is 5.91 Å². The summed E-state index contributed by atoms with van der Waals surface area (Å²) in [5.74, 6) is -2.75. The predicted molar refractivity (Wildman–Crippen MR) is 84.1 cm³/mol. The van der Waals surface area contributed by atoms with Crippen molar-refractivity contribution in [3.8, 4) is 0 Å².